The number of hydrogen-bond acceptors (Lipinski definition) is 3. The van der Waals surface area contributed by atoms with E-state index in [-0.39, 0.29) is 24.4 Å². The van der Waals surface area contributed by atoms with Crippen LogP contribution in [0, 0.1) is 0 Å². The molecule has 2 amide bonds. The topological polar surface area (TPSA) is 61.4 Å². The van der Waals surface area contributed by atoms with E-state index >= 15 is 0 Å². The lowest BCUT2D eigenvalue weighted by Crippen LogP contribution is -2.59. The predicted octanol–water partition coefficient (Wildman–Crippen LogP) is 0.256. The molecular weight excluding hydrogens is 230 g/mol. The number of likely N-dealkylation sites (tertiary alicyclic amines) is 1. The largest absolute Gasteiger partial charge is 0.353 e. The van der Waals surface area contributed by atoms with Gasteiger partial charge in [-0.1, -0.05) is 19.8 Å². The Morgan fingerprint density at radius 2 is 2.22 bits per heavy atom. The Labute approximate surface area is 108 Å². The SMILES string of the molecule is CCC1CCCCCN1C(=O)C1CNC(=O)CN1. The lowest BCUT2D eigenvalue weighted by atomic mass is 10.1. The number of hydrogen-bond donors (Lipinski definition) is 2. The first-order chi connectivity index (χ1) is 8.72. The Morgan fingerprint density at radius 1 is 1.39 bits per heavy atom. The van der Waals surface area contributed by atoms with Crippen LogP contribution in [0.25, 0.3) is 0 Å². The Balaban J connectivity index is 1.98. The molecular formula is C13H23N3O2. The van der Waals surface area contributed by atoms with Crippen molar-refractivity contribution >= 4 is 11.8 Å². The fourth-order valence-electron chi connectivity index (χ4n) is 2.83. The van der Waals surface area contributed by atoms with Crippen molar-refractivity contribution in [2.75, 3.05) is 19.6 Å². The van der Waals surface area contributed by atoms with Crippen LogP contribution < -0.4 is 10.6 Å². The van der Waals surface area contributed by atoms with E-state index in [0.717, 1.165) is 25.8 Å². The lowest BCUT2D eigenvalue weighted by molar-refractivity contribution is -0.137. The zero-order valence-corrected chi connectivity index (χ0v) is 11.1. The summed E-state index contributed by atoms with van der Waals surface area (Å²) in [7, 11) is 0. The van der Waals surface area contributed by atoms with Gasteiger partial charge in [0.05, 0.1) is 6.54 Å². The van der Waals surface area contributed by atoms with Gasteiger partial charge in [-0.05, 0) is 19.3 Å². The van der Waals surface area contributed by atoms with E-state index in [0.29, 0.717) is 12.6 Å². The summed E-state index contributed by atoms with van der Waals surface area (Å²) < 4.78 is 0. The standard InChI is InChI=1S/C13H23N3O2/c1-2-10-6-4-3-5-7-16(10)13(18)11-8-15-12(17)9-14-11/h10-11,14H,2-9H2,1H3,(H,15,17). The van der Waals surface area contributed by atoms with Crippen molar-refractivity contribution in [3.8, 4) is 0 Å². The van der Waals surface area contributed by atoms with Crippen LogP contribution in [0.5, 0.6) is 0 Å². The van der Waals surface area contributed by atoms with Gasteiger partial charge < -0.3 is 10.2 Å². The third-order valence-corrected chi connectivity index (χ3v) is 3.94. The second kappa shape index (κ2) is 6.18. The molecule has 2 N–H and O–H groups in total. The third kappa shape index (κ3) is 3.02. The monoisotopic (exact) mass is 253 g/mol. The normalized spacial score (nSPS) is 29.6. The van der Waals surface area contributed by atoms with Crippen molar-refractivity contribution in [1.29, 1.82) is 0 Å². The maximum Gasteiger partial charge on any atom is 0.241 e. The Bertz CT molecular complexity index is 309. The molecule has 2 atom stereocenters. The number of carbonyl (C=O) groups excluding carboxylic acids is 2. The van der Waals surface area contributed by atoms with Gasteiger partial charge in [0.2, 0.25) is 11.8 Å². The second-order valence-corrected chi connectivity index (χ2v) is 5.18. The van der Waals surface area contributed by atoms with Gasteiger partial charge in [0.15, 0.2) is 0 Å². The first-order valence-corrected chi connectivity index (χ1v) is 7.03. The van der Waals surface area contributed by atoms with Crippen LogP contribution in [0.2, 0.25) is 0 Å². The molecule has 102 valence electrons. The molecule has 0 aromatic carbocycles. The molecule has 0 radical (unpaired) electrons. The first kappa shape index (κ1) is 13.3. The molecule has 2 heterocycles. The predicted molar refractivity (Wildman–Crippen MR) is 69.1 cm³/mol. The van der Waals surface area contributed by atoms with Crippen LogP contribution in [-0.4, -0.2) is 48.4 Å². The summed E-state index contributed by atoms with van der Waals surface area (Å²) in [4.78, 5) is 25.6. The van der Waals surface area contributed by atoms with Crippen molar-refractivity contribution in [1.82, 2.24) is 15.5 Å². The number of nitrogens with zero attached hydrogens (tertiary/aromatic N) is 1. The number of nitrogens with one attached hydrogen (secondary N) is 2. The molecule has 5 nitrogen and oxygen atoms in total. The molecule has 2 saturated heterocycles. The van der Waals surface area contributed by atoms with Crippen LogP contribution in [0.3, 0.4) is 0 Å². The number of rotatable bonds is 2. The van der Waals surface area contributed by atoms with E-state index in [9.17, 15) is 9.59 Å². The highest BCUT2D eigenvalue weighted by atomic mass is 16.2. The van der Waals surface area contributed by atoms with Gasteiger partial charge in [0.1, 0.15) is 6.04 Å². The summed E-state index contributed by atoms with van der Waals surface area (Å²) in [6.07, 6.45) is 5.67. The molecule has 5 heteroatoms. The highest BCUT2D eigenvalue weighted by molar-refractivity contribution is 5.87. The molecule has 0 bridgehead atoms. The minimum atomic E-state index is -0.241. The average molecular weight is 253 g/mol. The van der Waals surface area contributed by atoms with E-state index in [1.165, 1.54) is 12.8 Å². The highest BCUT2D eigenvalue weighted by Crippen LogP contribution is 2.20. The van der Waals surface area contributed by atoms with E-state index in [2.05, 4.69) is 17.6 Å². The Morgan fingerprint density at radius 3 is 2.89 bits per heavy atom. The molecule has 0 aromatic heterocycles. The van der Waals surface area contributed by atoms with Crippen LogP contribution in [-0.2, 0) is 9.59 Å². The number of carbonyl (C=O) groups is 2. The molecule has 2 rings (SSSR count). The Kier molecular flexibility index (Phi) is 4.58. The molecule has 2 aliphatic rings. The van der Waals surface area contributed by atoms with E-state index in [1.807, 2.05) is 4.90 Å². The molecule has 0 aromatic rings. The van der Waals surface area contributed by atoms with Crippen LogP contribution in [0.4, 0.5) is 0 Å². The van der Waals surface area contributed by atoms with Gasteiger partial charge in [-0.3, -0.25) is 14.9 Å². The summed E-state index contributed by atoms with van der Waals surface area (Å²) in [6, 6.07) is 0.134. The minimum Gasteiger partial charge on any atom is -0.353 e. The molecule has 2 aliphatic heterocycles. The molecule has 18 heavy (non-hydrogen) atoms. The molecule has 0 saturated carbocycles. The van der Waals surface area contributed by atoms with Gasteiger partial charge >= 0.3 is 0 Å². The number of piperazine rings is 1. The zero-order chi connectivity index (χ0) is 13.0. The molecule has 2 unspecified atom stereocenters. The van der Waals surface area contributed by atoms with E-state index in [4.69, 9.17) is 0 Å². The van der Waals surface area contributed by atoms with Crippen molar-refractivity contribution < 1.29 is 9.59 Å². The Hall–Kier alpha value is -1.10. The molecule has 0 spiro atoms. The summed E-state index contributed by atoms with van der Waals surface area (Å²) in [5, 5.41) is 5.78. The van der Waals surface area contributed by atoms with Crippen LogP contribution in [0.1, 0.15) is 39.0 Å². The second-order valence-electron chi connectivity index (χ2n) is 5.18. The molecule has 2 fully saturated rings. The van der Waals surface area contributed by atoms with Crippen molar-refractivity contribution in [3.05, 3.63) is 0 Å². The maximum atomic E-state index is 12.5. The summed E-state index contributed by atoms with van der Waals surface area (Å²) in [5.74, 6) is 0.130. The van der Waals surface area contributed by atoms with Gasteiger partial charge in [0, 0.05) is 19.1 Å². The van der Waals surface area contributed by atoms with Gasteiger partial charge in [-0.25, -0.2) is 0 Å². The summed E-state index contributed by atoms with van der Waals surface area (Å²) in [6.45, 7) is 3.68. The molecule has 0 aliphatic carbocycles. The third-order valence-electron chi connectivity index (χ3n) is 3.94. The van der Waals surface area contributed by atoms with Gasteiger partial charge in [-0.2, -0.15) is 0 Å². The quantitative estimate of drug-likeness (QED) is 0.742. The minimum absolute atomic E-state index is 0.0260. The fourth-order valence-corrected chi connectivity index (χ4v) is 2.83. The summed E-state index contributed by atoms with van der Waals surface area (Å²) >= 11 is 0. The van der Waals surface area contributed by atoms with Gasteiger partial charge in [0.25, 0.3) is 0 Å². The average Bonchev–Trinajstić information content (AvgIpc) is 2.63. The highest BCUT2D eigenvalue weighted by Gasteiger charge is 2.31. The first-order valence-electron chi connectivity index (χ1n) is 7.03. The van der Waals surface area contributed by atoms with Crippen molar-refractivity contribution in [2.24, 2.45) is 0 Å². The summed E-state index contributed by atoms with van der Waals surface area (Å²) in [5.41, 5.74) is 0. The zero-order valence-electron chi connectivity index (χ0n) is 11.1. The smallest absolute Gasteiger partial charge is 0.241 e. The number of amides is 2. The van der Waals surface area contributed by atoms with Crippen LogP contribution >= 0.6 is 0 Å². The maximum absolute atomic E-state index is 12.5. The van der Waals surface area contributed by atoms with Gasteiger partial charge in [-0.15, -0.1) is 0 Å². The van der Waals surface area contributed by atoms with Crippen molar-refractivity contribution in [3.63, 3.8) is 0 Å². The van der Waals surface area contributed by atoms with E-state index in [1.54, 1.807) is 0 Å². The van der Waals surface area contributed by atoms with Crippen molar-refractivity contribution in [2.45, 2.75) is 51.1 Å². The lowest BCUT2D eigenvalue weighted by Gasteiger charge is -2.34. The fraction of sp³-hybridized carbons (Fsp3) is 0.846. The van der Waals surface area contributed by atoms with Crippen LogP contribution in [0.15, 0.2) is 0 Å². The van der Waals surface area contributed by atoms with E-state index < -0.39 is 0 Å².